The predicted octanol–water partition coefficient (Wildman–Crippen LogP) is 4.74. The molecule has 3 rings (SSSR count). The number of hydrogen-bond donors (Lipinski definition) is 2. The molecule has 152 valence electrons. The SMILES string of the molecule is CC\C=C/C=C\C(C)=C\C(=N)C1c2nc[nH]c2CCN1c1cncc(CCC)n1. The predicted molar refractivity (Wildman–Crippen MR) is 118 cm³/mol. The molecule has 6 heteroatoms. The first kappa shape index (κ1) is 20.7. The largest absolute Gasteiger partial charge is 0.348 e. The van der Waals surface area contributed by atoms with Gasteiger partial charge in [-0.1, -0.05) is 44.6 Å². The third kappa shape index (κ3) is 5.08. The summed E-state index contributed by atoms with van der Waals surface area (Å²) in [6.07, 6.45) is 19.2. The topological polar surface area (TPSA) is 81.5 Å². The van der Waals surface area contributed by atoms with Crippen molar-refractivity contribution in [2.45, 2.75) is 52.5 Å². The molecule has 0 bridgehead atoms. The van der Waals surface area contributed by atoms with Crippen LogP contribution in [0.4, 0.5) is 5.82 Å². The third-order valence-corrected chi connectivity index (χ3v) is 4.92. The van der Waals surface area contributed by atoms with Crippen LogP contribution >= 0.6 is 0 Å². The summed E-state index contributed by atoms with van der Waals surface area (Å²) in [6.45, 7) is 7.04. The number of fused-ring (bicyclic) bond motifs is 1. The van der Waals surface area contributed by atoms with E-state index in [1.165, 1.54) is 0 Å². The maximum atomic E-state index is 8.84. The summed E-state index contributed by atoms with van der Waals surface area (Å²) in [5.41, 5.74) is 4.52. The summed E-state index contributed by atoms with van der Waals surface area (Å²) in [5, 5.41) is 8.84. The number of anilines is 1. The molecule has 6 nitrogen and oxygen atoms in total. The Morgan fingerprint density at radius 3 is 2.97 bits per heavy atom. The Kier molecular flexibility index (Phi) is 7.11. The van der Waals surface area contributed by atoms with Gasteiger partial charge >= 0.3 is 0 Å². The fraction of sp³-hybridized carbons (Fsp3) is 0.391. The lowest BCUT2D eigenvalue weighted by Crippen LogP contribution is -2.40. The fourth-order valence-electron chi connectivity index (χ4n) is 3.54. The van der Waals surface area contributed by atoms with Crippen molar-refractivity contribution < 1.29 is 0 Å². The summed E-state index contributed by atoms with van der Waals surface area (Å²) >= 11 is 0. The van der Waals surface area contributed by atoms with Crippen LogP contribution in [-0.4, -0.2) is 32.2 Å². The first-order chi connectivity index (χ1) is 14.1. The Balaban J connectivity index is 1.91. The van der Waals surface area contributed by atoms with Crippen LogP contribution in [0.2, 0.25) is 0 Å². The lowest BCUT2D eigenvalue weighted by atomic mass is 9.97. The number of aromatic nitrogens is 4. The molecule has 0 aromatic carbocycles. The molecule has 1 atom stereocenters. The van der Waals surface area contributed by atoms with Gasteiger partial charge in [0, 0.05) is 24.9 Å². The maximum absolute atomic E-state index is 8.84. The molecule has 0 amide bonds. The molecular weight excluding hydrogens is 360 g/mol. The van der Waals surface area contributed by atoms with Crippen molar-refractivity contribution >= 4 is 11.5 Å². The van der Waals surface area contributed by atoms with E-state index in [-0.39, 0.29) is 6.04 Å². The highest BCUT2D eigenvalue weighted by molar-refractivity contribution is 6.00. The number of nitrogens with one attached hydrogen (secondary N) is 2. The van der Waals surface area contributed by atoms with Gasteiger partial charge in [0.1, 0.15) is 11.9 Å². The summed E-state index contributed by atoms with van der Waals surface area (Å²) < 4.78 is 0. The lowest BCUT2D eigenvalue weighted by Gasteiger charge is -2.35. The van der Waals surface area contributed by atoms with Crippen molar-refractivity contribution in [3.05, 3.63) is 71.8 Å². The number of allylic oxidation sites excluding steroid dienone is 5. The molecule has 0 fully saturated rings. The molecule has 29 heavy (non-hydrogen) atoms. The van der Waals surface area contributed by atoms with Gasteiger partial charge in [0.2, 0.25) is 0 Å². The van der Waals surface area contributed by atoms with Crippen LogP contribution in [0.5, 0.6) is 0 Å². The van der Waals surface area contributed by atoms with E-state index in [0.29, 0.717) is 5.71 Å². The van der Waals surface area contributed by atoms with Gasteiger partial charge in [-0.15, -0.1) is 0 Å². The Bertz CT molecular complexity index is 921. The van der Waals surface area contributed by atoms with Gasteiger partial charge in [-0.25, -0.2) is 9.97 Å². The van der Waals surface area contributed by atoms with E-state index in [0.717, 1.165) is 60.7 Å². The average Bonchev–Trinajstić information content (AvgIpc) is 3.19. The van der Waals surface area contributed by atoms with Crippen LogP contribution < -0.4 is 4.90 Å². The zero-order chi connectivity index (χ0) is 20.6. The molecular formula is C23H30N6. The Labute approximate surface area is 173 Å². The molecule has 0 aliphatic carbocycles. The molecule has 0 spiro atoms. The van der Waals surface area contributed by atoms with E-state index >= 15 is 0 Å². The van der Waals surface area contributed by atoms with Gasteiger partial charge in [0.15, 0.2) is 0 Å². The molecule has 2 N–H and O–H groups in total. The van der Waals surface area contributed by atoms with Gasteiger partial charge in [0.05, 0.1) is 29.6 Å². The van der Waals surface area contributed by atoms with Gasteiger partial charge in [0.25, 0.3) is 0 Å². The number of aromatic amines is 1. The standard InChI is InChI=1S/C23H30N6/c1-4-6-7-8-10-17(3)13-19(24)23-22-20(26-16-27-22)11-12-29(23)21-15-25-14-18(28-21)9-5-2/h6-8,10,13-16,23-24H,4-5,9,11-12H2,1-3H3,(H,26,27)/b7-6-,10-8-,17-13+,24-19?. The van der Waals surface area contributed by atoms with Crippen LogP contribution in [0.15, 0.2) is 54.7 Å². The zero-order valence-corrected chi connectivity index (χ0v) is 17.5. The second-order valence-corrected chi connectivity index (χ2v) is 7.27. The van der Waals surface area contributed by atoms with E-state index < -0.39 is 0 Å². The molecule has 2 aromatic heterocycles. The molecule has 2 aromatic rings. The maximum Gasteiger partial charge on any atom is 0.148 e. The van der Waals surface area contributed by atoms with Crippen molar-refractivity contribution in [1.82, 2.24) is 19.9 Å². The summed E-state index contributed by atoms with van der Waals surface area (Å²) in [7, 11) is 0. The normalized spacial score (nSPS) is 17.3. The summed E-state index contributed by atoms with van der Waals surface area (Å²) in [6, 6.07) is -0.272. The molecule has 1 aliphatic heterocycles. The second-order valence-electron chi connectivity index (χ2n) is 7.27. The molecule has 0 saturated heterocycles. The highest BCUT2D eigenvalue weighted by atomic mass is 15.2. The van der Waals surface area contributed by atoms with E-state index in [2.05, 4.69) is 39.8 Å². The quantitative estimate of drug-likeness (QED) is 0.504. The molecule has 0 radical (unpaired) electrons. The number of aryl methyl sites for hydroxylation is 1. The second kappa shape index (κ2) is 9.96. The number of rotatable bonds is 8. The van der Waals surface area contributed by atoms with Gasteiger partial charge in [-0.2, -0.15) is 0 Å². The van der Waals surface area contributed by atoms with Gasteiger partial charge < -0.3 is 15.3 Å². The minimum atomic E-state index is -0.272. The summed E-state index contributed by atoms with van der Waals surface area (Å²) in [4.78, 5) is 19.1. The highest BCUT2D eigenvalue weighted by Gasteiger charge is 2.33. The highest BCUT2D eigenvalue weighted by Crippen LogP contribution is 2.32. The zero-order valence-electron chi connectivity index (χ0n) is 17.5. The van der Waals surface area contributed by atoms with Crippen LogP contribution in [0.1, 0.15) is 56.7 Å². The Hall–Kier alpha value is -3.02. The van der Waals surface area contributed by atoms with Crippen molar-refractivity contribution in [3.63, 3.8) is 0 Å². The lowest BCUT2D eigenvalue weighted by molar-refractivity contribution is 0.657. The smallest absolute Gasteiger partial charge is 0.148 e. The van der Waals surface area contributed by atoms with E-state index in [1.54, 1.807) is 12.5 Å². The molecule has 1 aliphatic rings. The van der Waals surface area contributed by atoms with Crippen molar-refractivity contribution in [3.8, 4) is 0 Å². The van der Waals surface area contributed by atoms with Crippen LogP contribution in [0.3, 0.4) is 0 Å². The Morgan fingerprint density at radius 1 is 1.31 bits per heavy atom. The monoisotopic (exact) mass is 390 g/mol. The van der Waals surface area contributed by atoms with E-state index in [4.69, 9.17) is 10.4 Å². The van der Waals surface area contributed by atoms with E-state index in [1.807, 2.05) is 37.4 Å². The number of H-pyrrole nitrogens is 1. The van der Waals surface area contributed by atoms with Crippen LogP contribution in [-0.2, 0) is 12.8 Å². The number of nitrogens with zero attached hydrogens (tertiary/aromatic N) is 4. The first-order valence-corrected chi connectivity index (χ1v) is 10.3. The van der Waals surface area contributed by atoms with Crippen LogP contribution in [0.25, 0.3) is 0 Å². The van der Waals surface area contributed by atoms with Gasteiger partial charge in [-0.3, -0.25) is 4.98 Å². The third-order valence-electron chi connectivity index (χ3n) is 4.92. The average molecular weight is 391 g/mol. The molecule has 0 saturated carbocycles. The summed E-state index contributed by atoms with van der Waals surface area (Å²) in [5.74, 6) is 0.812. The Morgan fingerprint density at radius 2 is 2.17 bits per heavy atom. The minimum absolute atomic E-state index is 0.272. The number of hydrogen-bond acceptors (Lipinski definition) is 5. The fourth-order valence-corrected chi connectivity index (χ4v) is 3.54. The molecule has 3 heterocycles. The van der Waals surface area contributed by atoms with Crippen molar-refractivity contribution in [2.75, 3.05) is 11.4 Å². The first-order valence-electron chi connectivity index (χ1n) is 10.3. The molecule has 1 unspecified atom stereocenters. The van der Waals surface area contributed by atoms with E-state index in [9.17, 15) is 0 Å². The number of imidazole rings is 1. The minimum Gasteiger partial charge on any atom is -0.348 e. The van der Waals surface area contributed by atoms with Crippen molar-refractivity contribution in [2.24, 2.45) is 0 Å². The van der Waals surface area contributed by atoms with Crippen molar-refractivity contribution in [1.29, 1.82) is 5.41 Å². The van der Waals surface area contributed by atoms with Crippen LogP contribution in [0, 0.1) is 5.41 Å². The van der Waals surface area contributed by atoms with Gasteiger partial charge in [-0.05, 0) is 31.4 Å².